The molecule has 0 unspecified atom stereocenters. The van der Waals surface area contributed by atoms with Crippen LogP contribution in [0.1, 0.15) is 53.4 Å². The van der Waals surface area contributed by atoms with Crippen LogP contribution in [0.3, 0.4) is 0 Å². The van der Waals surface area contributed by atoms with Gasteiger partial charge in [-0.3, -0.25) is 4.84 Å². The molecule has 0 fully saturated rings. The van der Waals surface area contributed by atoms with Crippen LogP contribution in [-0.2, 0) is 9.57 Å². The van der Waals surface area contributed by atoms with Gasteiger partial charge in [0.1, 0.15) is 0 Å². The first kappa shape index (κ1) is 21.6. The predicted octanol–water partition coefficient (Wildman–Crippen LogP) is 5.11. The zero-order chi connectivity index (χ0) is 18.7. The number of amides is 1. The van der Waals surface area contributed by atoms with Gasteiger partial charge in [-0.05, 0) is 58.4 Å². The van der Waals surface area contributed by atoms with Crippen molar-refractivity contribution in [2.24, 2.45) is 0 Å². The van der Waals surface area contributed by atoms with Gasteiger partial charge in [0, 0.05) is 10.6 Å². The largest absolute Gasteiger partial charge is 0.448 e. The Morgan fingerprint density at radius 1 is 1.16 bits per heavy atom. The third-order valence-electron chi connectivity index (χ3n) is 3.48. The molecule has 0 atom stereocenters. The summed E-state index contributed by atoms with van der Waals surface area (Å²) < 4.78 is 5.04. The summed E-state index contributed by atoms with van der Waals surface area (Å²) >= 11 is 1.80. The minimum atomic E-state index is -0.424. The molecule has 0 bridgehead atoms. The zero-order valence-corrected chi connectivity index (χ0v) is 16.7. The number of carbonyl (C=O) groups excluding carboxylic acids is 1. The second-order valence-corrected chi connectivity index (χ2v) is 7.93. The van der Waals surface area contributed by atoms with Crippen LogP contribution in [0.2, 0.25) is 0 Å². The van der Waals surface area contributed by atoms with E-state index in [1.807, 2.05) is 39.0 Å². The molecule has 0 aromatic heterocycles. The number of ether oxygens (including phenoxy) is 1. The molecule has 1 aromatic carbocycles. The van der Waals surface area contributed by atoms with Crippen LogP contribution in [0.15, 0.2) is 29.2 Å². The van der Waals surface area contributed by atoms with E-state index in [1.165, 1.54) is 5.06 Å². The molecule has 142 valence electrons. The van der Waals surface area contributed by atoms with Crippen LogP contribution in [0.25, 0.3) is 0 Å². The van der Waals surface area contributed by atoms with Crippen molar-refractivity contribution >= 4 is 23.5 Å². The molecular formula is C19H32N2O3S. The van der Waals surface area contributed by atoms with Crippen LogP contribution in [0, 0.1) is 0 Å². The lowest BCUT2D eigenvalue weighted by molar-refractivity contribution is -0.183. The standard InChI is InChI=1S/C19H32N2O3S/c1-5-23-18(22)21(19(2,3)4)24-14-10-6-7-11-15-25-17-13-9-8-12-16(17)20/h8-9,12-13H,5-7,10-11,14-15,20H2,1-4H3. The number of rotatable bonds is 10. The molecule has 0 saturated heterocycles. The Morgan fingerprint density at radius 2 is 1.84 bits per heavy atom. The highest BCUT2D eigenvalue weighted by molar-refractivity contribution is 7.99. The number of anilines is 1. The highest BCUT2D eigenvalue weighted by Crippen LogP contribution is 2.25. The van der Waals surface area contributed by atoms with E-state index in [0.717, 1.165) is 42.0 Å². The Bertz CT molecular complexity index is 518. The smallest absolute Gasteiger partial charge is 0.434 e. The molecule has 0 saturated carbocycles. The van der Waals surface area contributed by atoms with Crippen LogP contribution in [-0.4, -0.2) is 35.7 Å². The maximum absolute atomic E-state index is 11.9. The predicted molar refractivity (Wildman–Crippen MR) is 105 cm³/mol. The Hall–Kier alpha value is -1.40. The Labute approximate surface area is 156 Å². The molecule has 0 aliphatic heterocycles. The highest BCUT2D eigenvalue weighted by Gasteiger charge is 2.28. The average molecular weight is 369 g/mol. The monoisotopic (exact) mass is 368 g/mol. The van der Waals surface area contributed by atoms with Gasteiger partial charge in [0.05, 0.1) is 18.8 Å². The maximum atomic E-state index is 11.9. The van der Waals surface area contributed by atoms with E-state index in [-0.39, 0.29) is 0 Å². The number of thioether (sulfide) groups is 1. The van der Waals surface area contributed by atoms with Gasteiger partial charge in [-0.15, -0.1) is 11.8 Å². The summed E-state index contributed by atoms with van der Waals surface area (Å²) in [4.78, 5) is 18.7. The number of nitrogens with two attached hydrogens (primary N) is 1. The van der Waals surface area contributed by atoms with E-state index in [9.17, 15) is 4.79 Å². The number of unbranched alkanes of at least 4 members (excludes halogenated alkanes) is 3. The third kappa shape index (κ3) is 8.50. The maximum Gasteiger partial charge on any atom is 0.434 e. The minimum Gasteiger partial charge on any atom is -0.448 e. The third-order valence-corrected chi connectivity index (χ3v) is 4.65. The molecule has 5 nitrogen and oxygen atoms in total. The number of para-hydroxylation sites is 1. The lowest BCUT2D eigenvalue weighted by atomic mass is 10.1. The van der Waals surface area contributed by atoms with Crippen molar-refractivity contribution in [1.29, 1.82) is 0 Å². The zero-order valence-electron chi connectivity index (χ0n) is 15.9. The van der Waals surface area contributed by atoms with E-state index in [4.69, 9.17) is 15.3 Å². The van der Waals surface area contributed by atoms with Crippen molar-refractivity contribution in [2.45, 2.75) is 63.8 Å². The van der Waals surface area contributed by atoms with E-state index in [0.29, 0.717) is 13.2 Å². The normalized spacial score (nSPS) is 11.4. The van der Waals surface area contributed by atoms with Gasteiger partial charge < -0.3 is 10.5 Å². The van der Waals surface area contributed by atoms with E-state index in [2.05, 4.69) is 6.07 Å². The number of hydrogen-bond acceptors (Lipinski definition) is 5. The molecule has 0 aliphatic carbocycles. The molecule has 0 radical (unpaired) electrons. The van der Waals surface area contributed by atoms with Crippen LogP contribution < -0.4 is 5.73 Å². The SMILES string of the molecule is CCOC(=O)N(OCCCCCCSc1ccccc1N)C(C)(C)C. The van der Waals surface area contributed by atoms with Gasteiger partial charge in [-0.2, -0.15) is 5.06 Å². The second-order valence-electron chi connectivity index (χ2n) is 6.80. The summed E-state index contributed by atoms with van der Waals surface area (Å²) in [6, 6.07) is 7.96. The molecule has 0 heterocycles. The summed E-state index contributed by atoms with van der Waals surface area (Å²) in [5.74, 6) is 1.06. The van der Waals surface area contributed by atoms with Crippen molar-refractivity contribution in [3.8, 4) is 0 Å². The molecule has 25 heavy (non-hydrogen) atoms. The van der Waals surface area contributed by atoms with E-state index >= 15 is 0 Å². The van der Waals surface area contributed by atoms with Crippen molar-refractivity contribution in [3.63, 3.8) is 0 Å². The summed E-state index contributed by atoms with van der Waals surface area (Å²) in [6.45, 7) is 8.44. The number of hydrogen-bond donors (Lipinski definition) is 1. The summed E-state index contributed by atoms with van der Waals surface area (Å²) in [5, 5.41) is 1.34. The molecule has 1 aromatic rings. The minimum absolute atomic E-state index is 0.346. The van der Waals surface area contributed by atoms with Gasteiger partial charge in [0.15, 0.2) is 0 Å². The topological polar surface area (TPSA) is 64.8 Å². The summed E-state index contributed by atoms with van der Waals surface area (Å²) in [5.41, 5.74) is 6.36. The van der Waals surface area contributed by atoms with Gasteiger partial charge >= 0.3 is 6.09 Å². The molecule has 6 heteroatoms. The first-order chi connectivity index (χ1) is 11.9. The first-order valence-corrected chi connectivity index (χ1v) is 9.92. The molecule has 0 aliphatic rings. The number of carbonyl (C=O) groups is 1. The van der Waals surface area contributed by atoms with Gasteiger partial charge in [-0.1, -0.05) is 25.0 Å². The molecule has 2 N–H and O–H groups in total. The van der Waals surface area contributed by atoms with E-state index < -0.39 is 11.6 Å². The highest BCUT2D eigenvalue weighted by atomic mass is 32.2. The number of hydroxylamine groups is 2. The van der Waals surface area contributed by atoms with Crippen molar-refractivity contribution in [1.82, 2.24) is 5.06 Å². The fourth-order valence-electron chi connectivity index (χ4n) is 2.21. The molecule has 0 spiro atoms. The van der Waals surface area contributed by atoms with Gasteiger partial charge in [0.2, 0.25) is 0 Å². The van der Waals surface area contributed by atoms with Crippen LogP contribution in [0.4, 0.5) is 10.5 Å². The lowest BCUT2D eigenvalue weighted by Gasteiger charge is -2.33. The molecule has 1 rings (SSSR count). The van der Waals surface area contributed by atoms with Crippen molar-refractivity contribution in [2.75, 3.05) is 24.7 Å². The van der Waals surface area contributed by atoms with Crippen LogP contribution in [0.5, 0.6) is 0 Å². The van der Waals surface area contributed by atoms with Gasteiger partial charge in [0.25, 0.3) is 0 Å². The quantitative estimate of drug-likeness (QED) is 0.269. The lowest BCUT2D eigenvalue weighted by Crippen LogP contribution is -2.46. The Kier molecular flexibility index (Phi) is 9.75. The molecular weight excluding hydrogens is 336 g/mol. The second kappa shape index (κ2) is 11.3. The average Bonchev–Trinajstić information content (AvgIpc) is 2.53. The fourth-order valence-corrected chi connectivity index (χ4v) is 3.19. The van der Waals surface area contributed by atoms with Gasteiger partial charge in [-0.25, -0.2) is 4.79 Å². The number of nitrogens with zero attached hydrogens (tertiary/aromatic N) is 1. The van der Waals surface area contributed by atoms with E-state index in [1.54, 1.807) is 18.7 Å². The molecule has 1 amide bonds. The van der Waals surface area contributed by atoms with Crippen molar-refractivity contribution < 1.29 is 14.4 Å². The Balaban J connectivity index is 2.16. The van der Waals surface area contributed by atoms with Crippen LogP contribution >= 0.6 is 11.8 Å². The summed E-state index contributed by atoms with van der Waals surface area (Å²) in [7, 11) is 0. The first-order valence-electron chi connectivity index (χ1n) is 8.93. The van der Waals surface area contributed by atoms with Crippen molar-refractivity contribution in [3.05, 3.63) is 24.3 Å². The fraction of sp³-hybridized carbons (Fsp3) is 0.632. The number of nitrogen functional groups attached to an aromatic ring is 1. The number of benzene rings is 1. The Morgan fingerprint density at radius 3 is 2.48 bits per heavy atom. The summed E-state index contributed by atoms with van der Waals surface area (Å²) in [6.07, 6.45) is 3.85.